The van der Waals surface area contributed by atoms with E-state index in [-0.39, 0.29) is 17.0 Å². The molecule has 0 saturated heterocycles. The first kappa shape index (κ1) is 18.8. The number of unbranched alkanes of at least 4 members (excludes halogenated alkanes) is 2. The topological polar surface area (TPSA) is 0 Å². The Hall–Kier alpha value is 0.440. The van der Waals surface area contributed by atoms with Crippen LogP contribution >= 0.6 is 0 Å². The fourth-order valence-corrected chi connectivity index (χ4v) is 2.50. The minimum atomic E-state index is 0. The van der Waals surface area contributed by atoms with Crippen molar-refractivity contribution in [2.75, 3.05) is 26.2 Å². The van der Waals surface area contributed by atoms with Crippen molar-refractivity contribution >= 4 is 0 Å². The molecule has 0 aromatic heterocycles. The molecule has 100 valence electrons. The van der Waals surface area contributed by atoms with Crippen LogP contribution < -0.4 is 17.0 Å². The molecule has 0 aromatic rings. The first-order chi connectivity index (χ1) is 7.10. The second-order valence-corrected chi connectivity index (χ2v) is 5.39. The van der Waals surface area contributed by atoms with Crippen molar-refractivity contribution in [3.05, 3.63) is 0 Å². The molecule has 2 heteroatoms. The summed E-state index contributed by atoms with van der Waals surface area (Å²) in [5.41, 5.74) is 0. The van der Waals surface area contributed by atoms with Crippen LogP contribution in [0, 0.1) is 5.92 Å². The molecular weight excluding hydrogens is 262 g/mol. The van der Waals surface area contributed by atoms with Gasteiger partial charge in [-0.15, -0.1) is 0 Å². The highest BCUT2D eigenvalue weighted by atomic mass is 79.9. The molecule has 0 N–H and O–H groups in total. The van der Waals surface area contributed by atoms with E-state index in [2.05, 4.69) is 34.6 Å². The SMILES string of the molecule is CCCC[N+](CC)(CCCC)CC(C)C.[Br-]. The molecule has 0 fully saturated rings. The maximum absolute atomic E-state index is 2.37. The van der Waals surface area contributed by atoms with Gasteiger partial charge >= 0.3 is 0 Å². The van der Waals surface area contributed by atoms with Crippen molar-refractivity contribution in [3.8, 4) is 0 Å². The van der Waals surface area contributed by atoms with Gasteiger partial charge in [-0.1, -0.05) is 40.5 Å². The minimum absolute atomic E-state index is 0. The molecule has 0 bridgehead atoms. The summed E-state index contributed by atoms with van der Waals surface area (Å²) in [7, 11) is 0. The Bertz CT molecular complexity index is 138. The average Bonchev–Trinajstić information content (AvgIpc) is 2.22. The molecule has 1 nitrogen and oxygen atoms in total. The fraction of sp³-hybridized carbons (Fsp3) is 1.00. The zero-order chi connectivity index (χ0) is 11.7. The molecule has 0 heterocycles. The molecule has 0 aliphatic rings. The van der Waals surface area contributed by atoms with Gasteiger partial charge in [0.05, 0.1) is 26.2 Å². The quantitative estimate of drug-likeness (QED) is 0.558. The van der Waals surface area contributed by atoms with Gasteiger partial charge in [0.1, 0.15) is 0 Å². The monoisotopic (exact) mass is 293 g/mol. The van der Waals surface area contributed by atoms with E-state index < -0.39 is 0 Å². The highest BCUT2D eigenvalue weighted by molar-refractivity contribution is 4.49. The summed E-state index contributed by atoms with van der Waals surface area (Å²) in [6.07, 6.45) is 5.46. The zero-order valence-corrected chi connectivity index (χ0v) is 13.6. The number of rotatable bonds is 9. The Morgan fingerprint density at radius 2 is 1.31 bits per heavy atom. The van der Waals surface area contributed by atoms with Crippen molar-refractivity contribution in [1.82, 2.24) is 0 Å². The van der Waals surface area contributed by atoms with Crippen LogP contribution in [0.4, 0.5) is 0 Å². The fourth-order valence-electron chi connectivity index (χ4n) is 2.50. The predicted octanol–water partition coefficient (Wildman–Crippen LogP) is 1.08. The van der Waals surface area contributed by atoms with Crippen LogP contribution in [0.2, 0.25) is 0 Å². The summed E-state index contributed by atoms with van der Waals surface area (Å²) in [4.78, 5) is 0. The molecule has 0 spiro atoms. The van der Waals surface area contributed by atoms with Gasteiger partial charge in [-0.25, -0.2) is 0 Å². The Labute approximate surface area is 114 Å². The molecule has 0 aliphatic heterocycles. The summed E-state index contributed by atoms with van der Waals surface area (Å²) >= 11 is 0. The van der Waals surface area contributed by atoms with Crippen molar-refractivity contribution in [1.29, 1.82) is 0 Å². The standard InChI is InChI=1S/C14H32N.BrH/c1-6-9-11-15(8-3,12-10-7-2)13-14(4)5;/h14H,6-13H2,1-5H3;1H/q+1;/p-1. The lowest BCUT2D eigenvalue weighted by Gasteiger charge is -2.39. The van der Waals surface area contributed by atoms with Crippen LogP contribution in [0.25, 0.3) is 0 Å². The van der Waals surface area contributed by atoms with Crippen molar-refractivity contribution in [3.63, 3.8) is 0 Å². The number of quaternary nitrogens is 1. The van der Waals surface area contributed by atoms with Crippen molar-refractivity contribution < 1.29 is 21.5 Å². The molecule has 0 rings (SSSR count). The third-order valence-corrected chi connectivity index (χ3v) is 3.40. The van der Waals surface area contributed by atoms with Crippen molar-refractivity contribution in [2.45, 2.75) is 60.3 Å². The van der Waals surface area contributed by atoms with Gasteiger partial charge in [0.25, 0.3) is 0 Å². The Kier molecular flexibility index (Phi) is 12.4. The third-order valence-electron chi connectivity index (χ3n) is 3.40. The lowest BCUT2D eigenvalue weighted by atomic mass is 10.1. The average molecular weight is 294 g/mol. The highest BCUT2D eigenvalue weighted by Gasteiger charge is 2.24. The van der Waals surface area contributed by atoms with E-state index in [1.54, 1.807) is 0 Å². The third kappa shape index (κ3) is 7.67. The van der Waals surface area contributed by atoms with E-state index in [0.717, 1.165) is 5.92 Å². The highest BCUT2D eigenvalue weighted by Crippen LogP contribution is 2.15. The predicted molar refractivity (Wildman–Crippen MR) is 70.1 cm³/mol. The van der Waals surface area contributed by atoms with Gasteiger partial charge in [0, 0.05) is 5.92 Å². The van der Waals surface area contributed by atoms with Gasteiger partial charge in [0.15, 0.2) is 0 Å². The van der Waals surface area contributed by atoms with Crippen molar-refractivity contribution in [2.24, 2.45) is 5.92 Å². The number of hydrogen-bond acceptors (Lipinski definition) is 0. The van der Waals surface area contributed by atoms with Crippen LogP contribution in [0.15, 0.2) is 0 Å². The Morgan fingerprint density at radius 3 is 1.56 bits per heavy atom. The van der Waals surface area contributed by atoms with Gasteiger partial charge < -0.3 is 21.5 Å². The molecule has 0 aromatic carbocycles. The van der Waals surface area contributed by atoms with Crippen LogP contribution in [0.5, 0.6) is 0 Å². The minimum Gasteiger partial charge on any atom is -1.00 e. The second kappa shape index (κ2) is 10.6. The first-order valence-corrected chi connectivity index (χ1v) is 6.95. The van der Waals surface area contributed by atoms with Gasteiger partial charge in [-0.05, 0) is 19.8 Å². The molecule has 0 aliphatic carbocycles. The molecule has 0 atom stereocenters. The summed E-state index contributed by atoms with van der Waals surface area (Å²) in [6, 6.07) is 0. The molecule has 0 unspecified atom stereocenters. The first-order valence-electron chi connectivity index (χ1n) is 6.95. The van der Waals surface area contributed by atoms with Gasteiger partial charge in [0.2, 0.25) is 0 Å². The molecule has 0 radical (unpaired) electrons. The second-order valence-electron chi connectivity index (χ2n) is 5.39. The lowest BCUT2D eigenvalue weighted by Crippen LogP contribution is -3.00. The van der Waals surface area contributed by atoms with E-state index in [0.29, 0.717) is 0 Å². The van der Waals surface area contributed by atoms with Crippen LogP contribution in [-0.2, 0) is 0 Å². The number of nitrogens with zero attached hydrogens (tertiary/aromatic N) is 1. The van der Waals surface area contributed by atoms with E-state index in [1.165, 1.54) is 56.3 Å². The summed E-state index contributed by atoms with van der Waals surface area (Å²) in [5, 5.41) is 0. The van der Waals surface area contributed by atoms with Crippen LogP contribution in [0.3, 0.4) is 0 Å². The smallest absolute Gasteiger partial charge is 0.0809 e. The molecule has 16 heavy (non-hydrogen) atoms. The van der Waals surface area contributed by atoms with Crippen LogP contribution in [0.1, 0.15) is 60.3 Å². The molecular formula is C14H32BrN. The van der Waals surface area contributed by atoms with E-state index >= 15 is 0 Å². The normalized spacial score (nSPS) is 11.6. The number of hydrogen-bond donors (Lipinski definition) is 0. The van der Waals surface area contributed by atoms with Gasteiger partial charge in [-0.3, -0.25) is 0 Å². The molecule has 0 amide bonds. The summed E-state index contributed by atoms with van der Waals surface area (Å²) in [6.45, 7) is 17.2. The lowest BCUT2D eigenvalue weighted by molar-refractivity contribution is -0.929. The summed E-state index contributed by atoms with van der Waals surface area (Å²) in [5.74, 6) is 0.832. The van der Waals surface area contributed by atoms with Crippen LogP contribution in [-0.4, -0.2) is 30.7 Å². The number of halogens is 1. The van der Waals surface area contributed by atoms with E-state index in [9.17, 15) is 0 Å². The largest absolute Gasteiger partial charge is 1.00 e. The maximum atomic E-state index is 2.37. The molecule has 0 saturated carbocycles. The summed E-state index contributed by atoms with van der Waals surface area (Å²) < 4.78 is 1.36. The van der Waals surface area contributed by atoms with E-state index in [4.69, 9.17) is 0 Å². The Morgan fingerprint density at radius 1 is 0.875 bits per heavy atom. The van der Waals surface area contributed by atoms with Gasteiger partial charge in [-0.2, -0.15) is 0 Å². The maximum Gasteiger partial charge on any atom is 0.0809 e. The Balaban J connectivity index is 0. The zero-order valence-electron chi connectivity index (χ0n) is 12.1. The van der Waals surface area contributed by atoms with E-state index in [1.807, 2.05) is 0 Å².